The first-order valence-electron chi connectivity index (χ1n) is 12.9. The number of rotatable bonds is 9. The minimum atomic E-state index is -0.190. The molecular formula is C29H33N7O2. The van der Waals surface area contributed by atoms with Gasteiger partial charge < -0.3 is 20.0 Å². The highest BCUT2D eigenvalue weighted by atomic mass is 16.4. The fraction of sp³-hybridized carbons (Fsp3) is 0.310. The van der Waals surface area contributed by atoms with E-state index in [0.717, 1.165) is 41.0 Å². The lowest BCUT2D eigenvalue weighted by Gasteiger charge is -2.15. The van der Waals surface area contributed by atoms with Crippen LogP contribution >= 0.6 is 0 Å². The minimum absolute atomic E-state index is 0.190. The van der Waals surface area contributed by atoms with Crippen LogP contribution in [-0.2, 0) is 4.79 Å². The maximum atomic E-state index is 12.0. The van der Waals surface area contributed by atoms with Crippen molar-refractivity contribution in [2.75, 3.05) is 36.8 Å². The standard InChI is InChI=1S/C29H33N7O2/c1-18-8-7-9-19(2)27(18)22-16-23(31-21(4)37)28-24(17-22)34-35-29(33-28)32-26-11-10-25(38-26)20(3)30-12-15-36-13-5-6-14-36/h7-11,16-17,30H,3,5-6,12-15H2,1-2,4H3,(H,31,37)(H,32,33,35). The lowest BCUT2D eigenvalue weighted by molar-refractivity contribution is -0.114. The average Bonchev–Trinajstić information content (AvgIpc) is 3.56. The van der Waals surface area contributed by atoms with Gasteiger partial charge in [0.2, 0.25) is 11.9 Å². The number of benzene rings is 2. The van der Waals surface area contributed by atoms with Crippen LogP contribution < -0.4 is 16.0 Å². The summed E-state index contributed by atoms with van der Waals surface area (Å²) in [5.74, 6) is 1.18. The molecule has 0 aliphatic carbocycles. The van der Waals surface area contributed by atoms with Gasteiger partial charge in [0.05, 0.1) is 11.4 Å². The summed E-state index contributed by atoms with van der Waals surface area (Å²) in [6, 6.07) is 13.7. The number of likely N-dealkylation sites (tertiary alicyclic amines) is 1. The molecule has 0 radical (unpaired) electrons. The molecule has 0 unspecified atom stereocenters. The van der Waals surface area contributed by atoms with Crippen molar-refractivity contribution in [2.45, 2.75) is 33.6 Å². The van der Waals surface area contributed by atoms with Gasteiger partial charge in [-0.2, -0.15) is 0 Å². The second-order valence-corrected chi connectivity index (χ2v) is 9.72. The second-order valence-electron chi connectivity index (χ2n) is 9.72. The van der Waals surface area contributed by atoms with Gasteiger partial charge in [-0.3, -0.25) is 10.1 Å². The molecule has 3 heterocycles. The van der Waals surface area contributed by atoms with Gasteiger partial charge in [-0.05, 0) is 80.2 Å². The molecule has 5 rings (SSSR count). The van der Waals surface area contributed by atoms with E-state index in [4.69, 9.17) is 4.42 Å². The van der Waals surface area contributed by atoms with Gasteiger partial charge in [0.1, 0.15) is 11.0 Å². The summed E-state index contributed by atoms with van der Waals surface area (Å²) >= 11 is 0. The van der Waals surface area contributed by atoms with Gasteiger partial charge in [0.25, 0.3) is 0 Å². The summed E-state index contributed by atoms with van der Waals surface area (Å²) in [5, 5.41) is 18.0. The largest absolute Gasteiger partial charge is 0.439 e. The number of nitrogens with one attached hydrogen (secondary N) is 3. The third-order valence-corrected chi connectivity index (χ3v) is 6.74. The Morgan fingerprint density at radius 1 is 1.08 bits per heavy atom. The highest BCUT2D eigenvalue weighted by Gasteiger charge is 2.15. The van der Waals surface area contributed by atoms with E-state index in [9.17, 15) is 4.79 Å². The predicted octanol–water partition coefficient (Wildman–Crippen LogP) is 5.26. The fourth-order valence-corrected chi connectivity index (χ4v) is 4.93. The fourth-order valence-electron chi connectivity index (χ4n) is 4.93. The number of nitrogens with zero attached hydrogens (tertiary/aromatic N) is 4. The lowest BCUT2D eigenvalue weighted by Crippen LogP contribution is -2.29. The Bertz CT molecular complexity index is 1470. The number of aryl methyl sites for hydroxylation is 2. The molecular weight excluding hydrogens is 478 g/mol. The van der Waals surface area contributed by atoms with Gasteiger partial charge in [0, 0.05) is 26.1 Å². The van der Waals surface area contributed by atoms with Crippen molar-refractivity contribution in [3.05, 3.63) is 65.9 Å². The summed E-state index contributed by atoms with van der Waals surface area (Å²) in [4.78, 5) is 19.1. The van der Waals surface area contributed by atoms with Crippen LogP contribution in [0.4, 0.5) is 17.5 Å². The van der Waals surface area contributed by atoms with Crippen LogP contribution in [0.2, 0.25) is 0 Å². The van der Waals surface area contributed by atoms with Crippen LogP contribution in [0.3, 0.4) is 0 Å². The van der Waals surface area contributed by atoms with E-state index in [2.05, 4.69) is 68.6 Å². The molecule has 2 aromatic carbocycles. The zero-order chi connectivity index (χ0) is 26.6. The molecule has 0 spiro atoms. The third kappa shape index (κ3) is 5.68. The minimum Gasteiger partial charge on any atom is -0.439 e. The van der Waals surface area contributed by atoms with Crippen LogP contribution in [-0.4, -0.2) is 52.2 Å². The maximum Gasteiger partial charge on any atom is 0.250 e. The number of furan rings is 1. The van der Waals surface area contributed by atoms with Gasteiger partial charge >= 0.3 is 0 Å². The van der Waals surface area contributed by atoms with Crippen molar-refractivity contribution in [1.29, 1.82) is 0 Å². The molecule has 1 aliphatic heterocycles. The number of amides is 1. The second kappa shape index (κ2) is 11.0. The molecule has 1 fully saturated rings. The van der Waals surface area contributed by atoms with Crippen molar-refractivity contribution in [3.63, 3.8) is 0 Å². The molecule has 0 bridgehead atoms. The van der Waals surface area contributed by atoms with E-state index >= 15 is 0 Å². The molecule has 0 saturated carbocycles. The number of hydrogen-bond donors (Lipinski definition) is 3. The number of fused-ring (bicyclic) bond motifs is 1. The highest BCUT2D eigenvalue weighted by Crippen LogP contribution is 2.33. The van der Waals surface area contributed by atoms with Gasteiger partial charge in [-0.25, -0.2) is 4.98 Å². The zero-order valence-electron chi connectivity index (χ0n) is 22.1. The Morgan fingerprint density at radius 2 is 1.84 bits per heavy atom. The molecule has 0 atom stereocenters. The number of aromatic nitrogens is 3. The smallest absolute Gasteiger partial charge is 0.250 e. The highest BCUT2D eigenvalue weighted by molar-refractivity contribution is 6.01. The van der Waals surface area contributed by atoms with E-state index in [1.165, 1.54) is 32.9 Å². The van der Waals surface area contributed by atoms with Crippen LogP contribution in [0.1, 0.15) is 36.7 Å². The molecule has 2 aromatic heterocycles. The zero-order valence-corrected chi connectivity index (χ0v) is 22.1. The van der Waals surface area contributed by atoms with Crippen LogP contribution in [0, 0.1) is 13.8 Å². The first-order valence-corrected chi connectivity index (χ1v) is 12.9. The van der Waals surface area contributed by atoms with Gasteiger partial charge in [-0.1, -0.05) is 24.8 Å². The molecule has 196 valence electrons. The van der Waals surface area contributed by atoms with Crippen molar-refractivity contribution < 1.29 is 9.21 Å². The van der Waals surface area contributed by atoms with Crippen molar-refractivity contribution in [3.8, 4) is 11.1 Å². The summed E-state index contributed by atoms with van der Waals surface area (Å²) in [7, 11) is 0. The van der Waals surface area contributed by atoms with Crippen LogP contribution in [0.25, 0.3) is 27.9 Å². The molecule has 9 heteroatoms. The molecule has 38 heavy (non-hydrogen) atoms. The first kappa shape index (κ1) is 25.4. The molecule has 4 aromatic rings. The number of carbonyl (C=O) groups is 1. The SMILES string of the molecule is C=C(NCCN1CCCC1)c1ccc(Nc2nnc3cc(-c4c(C)cccc4C)cc(NC(C)=O)c3n2)o1. The Labute approximate surface area is 222 Å². The van der Waals surface area contributed by atoms with Crippen LogP contribution in [0.15, 0.2) is 53.5 Å². The van der Waals surface area contributed by atoms with E-state index < -0.39 is 0 Å². The molecule has 1 aliphatic rings. The Kier molecular flexibility index (Phi) is 7.37. The third-order valence-electron chi connectivity index (χ3n) is 6.74. The summed E-state index contributed by atoms with van der Waals surface area (Å²) < 4.78 is 5.92. The summed E-state index contributed by atoms with van der Waals surface area (Å²) in [5.41, 5.74) is 6.73. The predicted molar refractivity (Wildman–Crippen MR) is 151 cm³/mol. The van der Waals surface area contributed by atoms with Crippen molar-refractivity contribution >= 4 is 40.2 Å². The molecule has 1 saturated heterocycles. The van der Waals surface area contributed by atoms with Crippen molar-refractivity contribution in [2.24, 2.45) is 0 Å². The Morgan fingerprint density at radius 3 is 2.58 bits per heavy atom. The molecule has 9 nitrogen and oxygen atoms in total. The first-order chi connectivity index (χ1) is 18.4. The van der Waals surface area contributed by atoms with E-state index in [1.807, 2.05) is 24.3 Å². The van der Waals surface area contributed by atoms with E-state index in [1.54, 1.807) is 6.07 Å². The Hall–Kier alpha value is -4.24. The Balaban J connectivity index is 1.36. The topological polar surface area (TPSA) is 108 Å². The number of anilines is 3. The monoisotopic (exact) mass is 511 g/mol. The maximum absolute atomic E-state index is 12.0. The number of hydrogen-bond acceptors (Lipinski definition) is 8. The average molecular weight is 512 g/mol. The number of carbonyl (C=O) groups excluding carboxylic acids is 1. The molecule has 1 amide bonds. The normalized spacial score (nSPS) is 13.6. The summed E-state index contributed by atoms with van der Waals surface area (Å²) in [6.45, 7) is 13.8. The van der Waals surface area contributed by atoms with Gasteiger partial charge in [-0.15, -0.1) is 10.2 Å². The van der Waals surface area contributed by atoms with E-state index in [-0.39, 0.29) is 11.9 Å². The summed E-state index contributed by atoms with van der Waals surface area (Å²) in [6.07, 6.45) is 2.55. The van der Waals surface area contributed by atoms with E-state index in [0.29, 0.717) is 28.4 Å². The lowest BCUT2D eigenvalue weighted by atomic mass is 9.95. The van der Waals surface area contributed by atoms with Gasteiger partial charge in [0.15, 0.2) is 11.6 Å². The van der Waals surface area contributed by atoms with Crippen molar-refractivity contribution in [1.82, 2.24) is 25.4 Å². The quantitative estimate of drug-likeness (QED) is 0.279. The molecule has 3 N–H and O–H groups in total. The van der Waals surface area contributed by atoms with Crippen LogP contribution in [0.5, 0.6) is 0 Å².